The van der Waals surface area contributed by atoms with Crippen molar-refractivity contribution >= 4 is 29.8 Å². The van der Waals surface area contributed by atoms with E-state index in [2.05, 4.69) is 5.32 Å². The van der Waals surface area contributed by atoms with Gasteiger partial charge in [-0.15, -0.1) is 0 Å². The number of carboxylic acid groups (broad SMARTS) is 1. The van der Waals surface area contributed by atoms with Gasteiger partial charge in [0.05, 0.1) is 10.6 Å². The molecule has 0 atom stereocenters. The molecule has 0 aliphatic heterocycles. The number of hydrogen-bond donors (Lipinski definition) is 2. The van der Waals surface area contributed by atoms with Gasteiger partial charge >= 0.3 is 5.97 Å². The molecule has 1 aromatic rings. The van der Waals surface area contributed by atoms with Gasteiger partial charge in [-0.1, -0.05) is 36.9 Å². The van der Waals surface area contributed by atoms with E-state index in [-0.39, 0.29) is 16.1 Å². The van der Waals surface area contributed by atoms with E-state index in [1.165, 1.54) is 12.1 Å². The Morgan fingerprint density at radius 1 is 1.24 bits per heavy atom. The minimum atomic E-state index is -1.25. The van der Waals surface area contributed by atoms with Crippen molar-refractivity contribution < 1.29 is 19.5 Å². The van der Waals surface area contributed by atoms with Gasteiger partial charge in [-0.3, -0.25) is 9.59 Å². The van der Waals surface area contributed by atoms with Crippen LogP contribution in [-0.4, -0.2) is 28.8 Å². The highest BCUT2D eigenvalue weighted by Gasteiger charge is 2.41. The van der Waals surface area contributed by atoms with E-state index in [4.69, 9.17) is 11.6 Å². The zero-order chi connectivity index (χ0) is 15.5. The first kappa shape index (κ1) is 15.5. The molecule has 0 bridgehead atoms. The Morgan fingerprint density at radius 2 is 1.90 bits per heavy atom. The Hall–Kier alpha value is -1.88. The van der Waals surface area contributed by atoms with Crippen LogP contribution in [0.3, 0.4) is 0 Å². The van der Waals surface area contributed by atoms with Crippen LogP contribution < -0.4 is 5.32 Å². The van der Waals surface area contributed by atoms with E-state index >= 15 is 0 Å². The first-order valence-corrected chi connectivity index (χ1v) is 7.17. The number of nitrogens with one attached hydrogen (secondary N) is 1. The smallest absolute Gasteiger partial charge is 0.329 e. The molecule has 6 heteroatoms. The van der Waals surface area contributed by atoms with Crippen molar-refractivity contribution in [1.82, 2.24) is 5.32 Å². The lowest BCUT2D eigenvalue weighted by Crippen LogP contribution is -2.55. The lowest BCUT2D eigenvalue weighted by molar-refractivity contribution is -0.145. The number of amides is 1. The molecular formula is C15H16ClNO4. The van der Waals surface area contributed by atoms with Gasteiger partial charge in [-0.25, -0.2) is 4.79 Å². The summed E-state index contributed by atoms with van der Waals surface area (Å²) in [6, 6.07) is 4.53. The predicted molar refractivity (Wildman–Crippen MR) is 77.8 cm³/mol. The third-order valence-electron chi connectivity index (χ3n) is 3.88. The van der Waals surface area contributed by atoms with Crippen molar-refractivity contribution in [2.24, 2.45) is 0 Å². The van der Waals surface area contributed by atoms with Crippen LogP contribution in [0.1, 0.15) is 52.8 Å². The minimum absolute atomic E-state index is 0.0769. The predicted octanol–water partition coefficient (Wildman–Crippen LogP) is 2.67. The van der Waals surface area contributed by atoms with E-state index in [1.54, 1.807) is 6.07 Å². The van der Waals surface area contributed by atoms with Crippen molar-refractivity contribution in [3.63, 3.8) is 0 Å². The van der Waals surface area contributed by atoms with Crippen LogP contribution >= 0.6 is 11.6 Å². The van der Waals surface area contributed by atoms with Gasteiger partial charge in [0, 0.05) is 5.56 Å². The van der Waals surface area contributed by atoms with Gasteiger partial charge in [0.1, 0.15) is 5.54 Å². The highest BCUT2D eigenvalue weighted by molar-refractivity contribution is 6.33. The van der Waals surface area contributed by atoms with Crippen LogP contribution in [-0.2, 0) is 4.79 Å². The Morgan fingerprint density at radius 3 is 2.48 bits per heavy atom. The zero-order valence-corrected chi connectivity index (χ0v) is 12.2. The Kier molecular flexibility index (Phi) is 4.63. The SMILES string of the molecule is O=Cc1c(Cl)cccc1C(=O)NC1(C(=O)O)CCCCC1. The summed E-state index contributed by atoms with van der Waals surface area (Å²) in [5.41, 5.74) is -1.07. The molecule has 1 aliphatic rings. The summed E-state index contributed by atoms with van der Waals surface area (Å²) >= 11 is 5.89. The fourth-order valence-corrected chi connectivity index (χ4v) is 2.91. The molecule has 0 spiro atoms. The van der Waals surface area contributed by atoms with Crippen molar-refractivity contribution in [3.8, 4) is 0 Å². The van der Waals surface area contributed by atoms with Gasteiger partial charge in [-0.2, -0.15) is 0 Å². The van der Waals surface area contributed by atoms with E-state index < -0.39 is 17.4 Å². The fourth-order valence-electron chi connectivity index (χ4n) is 2.69. The van der Waals surface area contributed by atoms with Crippen molar-refractivity contribution in [2.45, 2.75) is 37.6 Å². The molecule has 21 heavy (non-hydrogen) atoms. The Labute approximate surface area is 127 Å². The average molecular weight is 310 g/mol. The molecule has 0 unspecified atom stereocenters. The number of benzene rings is 1. The number of carboxylic acids is 1. The summed E-state index contributed by atoms with van der Waals surface area (Å²) in [6.07, 6.45) is 3.76. The first-order chi connectivity index (χ1) is 10.00. The molecule has 1 aliphatic carbocycles. The second-order valence-electron chi connectivity index (χ2n) is 5.22. The lowest BCUT2D eigenvalue weighted by atomic mass is 9.81. The van der Waals surface area contributed by atoms with E-state index in [9.17, 15) is 19.5 Å². The minimum Gasteiger partial charge on any atom is -0.480 e. The van der Waals surface area contributed by atoms with E-state index in [0.717, 1.165) is 19.3 Å². The third kappa shape index (κ3) is 3.08. The number of rotatable bonds is 4. The molecule has 2 rings (SSSR count). The third-order valence-corrected chi connectivity index (χ3v) is 4.21. The topological polar surface area (TPSA) is 83.5 Å². The molecule has 1 fully saturated rings. The normalized spacial score (nSPS) is 17.0. The van der Waals surface area contributed by atoms with Crippen molar-refractivity contribution in [1.29, 1.82) is 0 Å². The van der Waals surface area contributed by atoms with Crippen LogP contribution in [0.5, 0.6) is 0 Å². The second-order valence-corrected chi connectivity index (χ2v) is 5.63. The van der Waals surface area contributed by atoms with Crippen LogP contribution in [0.15, 0.2) is 18.2 Å². The maximum absolute atomic E-state index is 12.4. The second kappa shape index (κ2) is 6.26. The molecule has 5 nitrogen and oxygen atoms in total. The van der Waals surface area contributed by atoms with Gasteiger partial charge in [-0.05, 0) is 25.0 Å². The first-order valence-electron chi connectivity index (χ1n) is 6.80. The van der Waals surface area contributed by atoms with Crippen LogP contribution in [0.2, 0.25) is 5.02 Å². The standard InChI is InChI=1S/C15H16ClNO4/c16-12-6-4-5-10(11(12)9-18)13(19)17-15(14(20)21)7-2-1-3-8-15/h4-6,9H,1-3,7-8H2,(H,17,19)(H,20,21). The van der Waals surface area contributed by atoms with Crippen LogP contribution in [0, 0.1) is 0 Å². The highest BCUT2D eigenvalue weighted by atomic mass is 35.5. The largest absolute Gasteiger partial charge is 0.480 e. The molecule has 1 amide bonds. The monoisotopic (exact) mass is 309 g/mol. The molecule has 1 aromatic carbocycles. The quantitative estimate of drug-likeness (QED) is 0.838. The molecule has 1 saturated carbocycles. The van der Waals surface area contributed by atoms with Crippen LogP contribution in [0.25, 0.3) is 0 Å². The lowest BCUT2D eigenvalue weighted by Gasteiger charge is -2.34. The Balaban J connectivity index is 2.30. The van der Waals surface area contributed by atoms with Crippen molar-refractivity contribution in [3.05, 3.63) is 34.3 Å². The number of hydrogen-bond acceptors (Lipinski definition) is 3. The summed E-state index contributed by atoms with van der Waals surface area (Å²) in [4.78, 5) is 35.0. The van der Waals surface area contributed by atoms with E-state index in [1.807, 2.05) is 0 Å². The highest BCUT2D eigenvalue weighted by Crippen LogP contribution is 2.29. The number of carbonyl (C=O) groups is 3. The van der Waals surface area contributed by atoms with E-state index in [0.29, 0.717) is 19.1 Å². The molecular weight excluding hydrogens is 294 g/mol. The molecule has 0 saturated heterocycles. The van der Waals surface area contributed by atoms with Gasteiger partial charge in [0.25, 0.3) is 5.91 Å². The maximum Gasteiger partial charge on any atom is 0.329 e. The molecule has 2 N–H and O–H groups in total. The molecule has 112 valence electrons. The number of aldehydes is 1. The van der Waals surface area contributed by atoms with Gasteiger partial charge < -0.3 is 10.4 Å². The van der Waals surface area contributed by atoms with Gasteiger partial charge in [0.2, 0.25) is 0 Å². The molecule has 0 aromatic heterocycles. The zero-order valence-electron chi connectivity index (χ0n) is 11.4. The summed E-state index contributed by atoms with van der Waals surface area (Å²) < 4.78 is 0. The summed E-state index contributed by atoms with van der Waals surface area (Å²) in [6.45, 7) is 0. The number of halogens is 1. The molecule has 0 heterocycles. The molecule has 0 radical (unpaired) electrons. The number of aliphatic carboxylic acids is 1. The summed E-state index contributed by atoms with van der Waals surface area (Å²) in [7, 11) is 0. The average Bonchev–Trinajstić information content (AvgIpc) is 2.47. The van der Waals surface area contributed by atoms with Gasteiger partial charge in [0.15, 0.2) is 6.29 Å². The summed E-state index contributed by atoms with van der Waals surface area (Å²) in [5.74, 6) is -1.62. The Bertz CT molecular complexity index is 579. The summed E-state index contributed by atoms with van der Waals surface area (Å²) in [5, 5.41) is 12.2. The van der Waals surface area contributed by atoms with Crippen molar-refractivity contribution in [2.75, 3.05) is 0 Å². The number of carbonyl (C=O) groups excluding carboxylic acids is 2. The fraction of sp³-hybridized carbons (Fsp3) is 0.400. The van der Waals surface area contributed by atoms with Crippen LogP contribution in [0.4, 0.5) is 0 Å². The maximum atomic E-state index is 12.4.